The summed E-state index contributed by atoms with van der Waals surface area (Å²) >= 11 is 0. The van der Waals surface area contributed by atoms with Gasteiger partial charge in [0.2, 0.25) is 5.91 Å². The number of nitrogens with one attached hydrogen (secondary N) is 1. The molecule has 2 bridgehead atoms. The smallest absolute Gasteiger partial charge is 0.261 e. The minimum Gasteiger partial charge on any atom is -0.344 e. The van der Waals surface area contributed by atoms with Crippen LogP contribution in [-0.4, -0.2) is 48.2 Å². The van der Waals surface area contributed by atoms with Gasteiger partial charge in [0.25, 0.3) is 5.56 Å². The summed E-state index contributed by atoms with van der Waals surface area (Å²) in [6.07, 6.45) is 6.18. The van der Waals surface area contributed by atoms with Gasteiger partial charge in [0.15, 0.2) is 0 Å². The van der Waals surface area contributed by atoms with Crippen molar-refractivity contribution in [2.45, 2.75) is 25.4 Å². The first-order valence-corrected chi connectivity index (χ1v) is 10.6. The van der Waals surface area contributed by atoms with Gasteiger partial charge in [0.05, 0.1) is 17.3 Å². The molecule has 0 saturated carbocycles. The third-order valence-electron chi connectivity index (χ3n) is 6.55. The first kappa shape index (κ1) is 18.1. The lowest BCUT2D eigenvalue weighted by atomic mass is 9.83. The molecule has 8 heteroatoms. The SMILES string of the molecule is O=C(Cn1ncc2ccccc21)N1C[C@@H]2C[C@H](C1)c1ccc(-c3ncc[nH]3)c(=O)n1C2. The van der Waals surface area contributed by atoms with Crippen molar-refractivity contribution < 1.29 is 4.79 Å². The Bertz CT molecular complexity index is 1340. The number of para-hydroxylation sites is 1. The molecule has 2 aliphatic rings. The number of fused-ring (bicyclic) bond motifs is 5. The molecule has 6 rings (SSSR count). The van der Waals surface area contributed by atoms with E-state index in [1.165, 1.54) is 0 Å². The Hall–Kier alpha value is -3.68. The number of hydrogen-bond acceptors (Lipinski definition) is 4. The van der Waals surface area contributed by atoms with Gasteiger partial charge in [0, 0.05) is 49.0 Å². The highest BCUT2D eigenvalue weighted by atomic mass is 16.2. The number of nitrogens with zero attached hydrogens (tertiary/aromatic N) is 5. The van der Waals surface area contributed by atoms with Gasteiger partial charge in [-0.3, -0.25) is 14.3 Å². The Balaban J connectivity index is 1.26. The van der Waals surface area contributed by atoms with Gasteiger partial charge in [-0.25, -0.2) is 4.98 Å². The van der Waals surface area contributed by atoms with E-state index >= 15 is 0 Å². The van der Waals surface area contributed by atoms with Gasteiger partial charge in [-0.2, -0.15) is 5.10 Å². The van der Waals surface area contributed by atoms with E-state index in [2.05, 4.69) is 15.1 Å². The van der Waals surface area contributed by atoms with Crippen LogP contribution in [0.4, 0.5) is 0 Å². The zero-order chi connectivity index (χ0) is 20.9. The fraction of sp³-hybridized carbons (Fsp3) is 0.304. The molecule has 0 radical (unpaired) electrons. The summed E-state index contributed by atoms with van der Waals surface area (Å²) in [7, 11) is 0. The number of imidazole rings is 1. The maximum Gasteiger partial charge on any atom is 0.261 e. The summed E-state index contributed by atoms with van der Waals surface area (Å²) in [4.78, 5) is 35.4. The molecule has 2 atom stereocenters. The number of amides is 1. The minimum atomic E-state index is -0.00932. The Kier molecular flexibility index (Phi) is 4.05. The standard InChI is InChI=1S/C23H22N6O2/c30-21(14-29-20-4-2-1-3-16(20)10-26-29)27-11-15-9-17(13-27)19-6-5-18(22-24-7-8-25-22)23(31)28(19)12-15/h1-8,10,15,17H,9,11-14H2,(H,24,25)/t15-,17+/m0/s1. The summed E-state index contributed by atoms with van der Waals surface area (Å²) in [6, 6.07) is 11.8. The lowest BCUT2D eigenvalue weighted by molar-refractivity contribution is -0.134. The molecular formula is C23H22N6O2. The Morgan fingerprint density at radius 1 is 1.13 bits per heavy atom. The molecule has 1 fully saturated rings. The Morgan fingerprint density at radius 2 is 2.03 bits per heavy atom. The molecule has 2 aliphatic heterocycles. The zero-order valence-corrected chi connectivity index (χ0v) is 16.9. The van der Waals surface area contributed by atoms with Gasteiger partial charge >= 0.3 is 0 Å². The van der Waals surface area contributed by atoms with E-state index in [-0.39, 0.29) is 29.8 Å². The number of benzene rings is 1. The van der Waals surface area contributed by atoms with Crippen molar-refractivity contribution in [1.82, 2.24) is 29.2 Å². The van der Waals surface area contributed by atoms with Crippen LogP contribution in [0.25, 0.3) is 22.3 Å². The molecule has 0 aliphatic carbocycles. The van der Waals surface area contributed by atoms with Crippen LogP contribution in [-0.2, 0) is 17.9 Å². The number of H-pyrrole nitrogens is 1. The topological polar surface area (TPSA) is 88.8 Å². The van der Waals surface area contributed by atoms with Crippen molar-refractivity contribution in [3.63, 3.8) is 0 Å². The second-order valence-corrected chi connectivity index (χ2v) is 8.48. The quantitative estimate of drug-likeness (QED) is 0.557. The van der Waals surface area contributed by atoms with E-state index in [1.807, 2.05) is 45.9 Å². The lowest BCUT2D eigenvalue weighted by Gasteiger charge is -2.42. The van der Waals surface area contributed by atoms with E-state index in [9.17, 15) is 9.59 Å². The van der Waals surface area contributed by atoms with Crippen molar-refractivity contribution in [1.29, 1.82) is 0 Å². The van der Waals surface area contributed by atoms with Crippen LogP contribution in [0.3, 0.4) is 0 Å². The molecule has 1 aromatic carbocycles. The third-order valence-corrected chi connectivity index (χ3v) is 6.55. The van der Waals surface area contributed by atoms with Crippen molar-refractivity contribution in [2.75, 3.05) is 13.1 Å². The molecule has 8 nitrogen and oxygen atoms in total. The third kappa shape index (κ3) is 2.98. The maximum atomic E-state index is 13.1. The predicted molar refractivity (Wildman–Crippen MR) is 115 cm³/mol. The number of aromatic nitrogens is 5. The number of piperidine rings is 1. The van der Waals surface area contributed by atoms with Gasteiger partial charge in [-0.05, 0) is 30.5 Å². The lowest BCUT2D eigenvalue weighted by Crippen LogP contribution is -2.50. The molecule has 5 heterocycles. The highest BCUT2D eigenvalue weighted by Crippen LogP contribution is 2.35. The average molecular weight is 414 g/mol. The molecule has 1 amide bonds. The van der Waals surface area contributed by atoms with Gasteiger partial charge in [-0.15, -0.1) is 0 Å². The number of aromatic amines is 1. The largest absolute Gasteiger partial charge is 0.344 e. The number of carbonyl (C=O) groups excluding carboxylic acids is 1. The molecule has 31 heavy (non-hydrogen) atoms. The Morgan fingerprint density at radius 3 is 2.90 bits per heavy atom. The van der Waals surface area contributed by atoms with Gasteiger partial charge in [-0.1, -0.05) is 18.2 Å². The number of carbonyl (C=O) groups is 1. The summed E-state index contributed by atoms with van der Waals surface area (Å²) in [6.45, 7) is 2.17. The second kappa shape index (κ2) is 6.94. The fourth-order valence-electron chi connectivity index (χ4n) is 5.12. The average Bonchev–Trinajstić information content (AvgIpc) is 3.45. The van der Waals surface area contributed by atoms with E-state index in [0.29, 0.717) is 31.0 Å². The van der Waals surface area contributed by atoms with Gasteiger partial charge in [0.1, 0.15) is 12.4 Å². The first-order chi connectivity index (χ1) is 15.2. The second-order valence-electron chi connectivity index (χ2n) is 8.48. The summed E-state index contributed by atoms with van der Waals surface area (Å²) < 4.78 is 3.66. The number of hydrogen-bond donors (Lipinski definition) is 1. The van der Waals surface area contributed by atoms with Crippen LogP contribution in [0.2, 0.25) is 0 Å². The van der Waals surface area contributed by atoms with E-state index in [0.717, 1.165) is 23.0 Å². The monoisotopic (exact) mass is 414 g/mol. The number of likely N-dealkylation sites (tertiary alicyclic amines) is 1. The highest BCUT2D eigenvalue weighted by molar-refractivity contribution is 5.82. The van der Waals surface area contributed by atoms with Crippen LogP contribution in [0, 0.1) is 5.92 Å². The minimum absolute atomic E-state index is 0.00932. The summed E-state index contributed by atoms with van der Waals surface area (Å²) in [5.41, 5.74) is 2.56. The highest BCUT2D eigenvalue weighted by Gasteiger charge is 2.36. The molecule has 4 aromatic rings. The Labute approximate surface area is 178 Å². The van der Waals surface area contributed by atoms with E-state index in [1.54, 1.807) is 23.3 Å². The fourth-order valence-corrected chi connectivity index (χ4v) is 5.12. The molecule has 3 aromatic heterocycles. The van der Waals surface area contributed by atoms with Crippen molar-refractivity contribution in [3.8, 4) is 11.4 Å². The molecule has 0 spiro atoms. The molecule has 0 unspecified atom stereocenters. The number of pyridine rings is 1. The van der Waals surface area contributed by atoms with Crippen LogP contribution < -0.4 is 5.56 Å². The normalized spacial score (nSPS) is 20.1. The zero-order valence-electron chi connectivity index (χ0n) is 16.9. The van der Waals surface area contributed by atoms with E-state index in [4.69, 9.17) is 0 Å². The maximum absolute atomic E-state index is 13.1. The van der Waals surface area contributed by atoms with Crippen LogP contribution >= 0.6 is 0 Å². The number of rotatable bonds is 3. The van der Waals surface area contributed by atoms with Gasteiger partial charge < -0.3 is 14.5 Å². The van der Waals surface area contributed by atoms with Crippen molar-refractivity contribution in [2.24, 2.45) is 5.92 Å². The van der Waals surface area contributed by atoms with Crippen LogP contribution in [0.1, 0.15) is 18.0 Å². The van der Waals surface area contributed by atoms with Crippen LogP contribution in [0.15, 0.2) is 59.8 Å². The molecule has 1 N–H and O–H groups in total. The molecule has 156 valence electrons. The molecular weight excluding hydrogens is 392 g/mol. The van der Waals surface area contributed by atoms with Crippen LogP contribution in [0.5, 0.6) is 0 Å². The van der Waals surface area contributed by atoms with E-state index < -0.39 is 0 Å². The summed E-state index contributed by atoms with van der Waals surface area (Å²) in [5.74, 6) is 1.11. The molecule has 1 saturated heterocycles. The summed E-state index contributed by atoms with van der Waals surface area (Å²) in [5, 5.41) is 5.43. The predicted octanol–water partition coefficient (Wildman–Crippen LogP) is 2.23. The van der Waals surface area contributed by atoms with Crippen molar-refractivity contribution >= 4 is 16.8 Å². The first-order valence-electron chi connectivity index (χ1n) is 10.6. The van der Waals surface area contributed by atoms with Crippen molar-refractivity contribution in [3.05, 3.63) is 71.0 Å².